The van der Waals surface area contributed by atoms with E-state index in [-0.39, 0.29) is 12.6 Å². The zero-order valence-electron chi connectivity index (χ0n) is 10.1. The zero-order valence-corrected chi connectivity index (χ0v) is 10.1. The van der Waals surface area contributed by atoms with Gasteiger partial charge in [0.1, 0.15) is 0 Å². The van der Waals surface area contributed by atoms with E-state index in [4.69, 9.17) is 10.8 Å². The molecule has 0 aromatic heterocycles. The maximum atomic E-state index is 8.92. The van der Waals surface area contributed by atoms with Gasteiger partial charge in [0.25, 0.3) is 0 Å². The van der Waals surface area contributed by atoms with E-state index in [0.29, 0.717) is 0 Å². The molecule has 0 spiro atoms. The number of nitrogens with zero attached hydrogens (tertiary/aromatic N) is 2. The van der Waals surface area contributed by atoms with Crippen LogP contribution in [-0.4, -0.2) is 66.3 Å². The molecule has 16 heavy (non-hydrogen) atoms. The Morgan fingerprint density at radius 3 is 2.88 bits per heavy atom. The summed E-state index contributed by atoms with van der Waals surface area (Å²) in [5.41, 5.74) is 5.75. The fourth-order valence-electron chi connectivity index (χ4n) is 2.93. The molecule has 0 radical (unpaired) electrons. The molecule has 2 saturated heterocycles. The third-order valence-electron chi connectivity index (χ3n) is 3.94. The van der Waals surface area contributed by atoms with Crippen molar-refractivity contribution in [1.82, 2.24) is 9.80 Å². The first kappa shape index (κ1) is 12.3. The predicted molar refractivity (Wildman–Crippen MR) is 65.3 cm³/mol. The number of aliphatic hydroxyl groups is 1. The van der Waals surface area contributed by atoms with Gasteiger partial charge in [-0.1, -0.05) is 0 Å². The van der Waals surface area contributed by atoms with Crippen molar-refractivity contribution in [3.63, 3.8) is 0 Å². The van der Waals surface area contributed by atoms with Crippen LogP contribution in [0.3, 0.4) is 0 Å². The molecular weight excluding hydrogens is 202 g/mol. The molecule has 0 bridgehead atoms. The van der Waals surface area contributed by atoms with Crippen molar-refractivity contribution < 1.29 is 5.11 Å². The average molecular weight is 227 g/mol. The van der Waals surface area contributed by atoms with Crippen LogP contribution in [-0.2, 0) is 0 Å². The van der Waals surface area contributed by atoms with Gasteiger partial charge in [0, 0.05) is 18.6 Å². The fraction of sp³-hybridized carbons (Fsp3) is 1.00. The minimum absolute atomic E-state index is 0.0389. The summed E-state index contributed by atoms with van der Waals surface area (Å²) in [5, 5.41) is 8.92. The standard InChI is InChI=1S/C12H25N3O/c13-11(10-16)4-8-14-5-2-7-15-6-1-3-12(15)9-14/h11-12,16H,1-10,13H2. The van der Waals surface area contributed by atoms with E-state index in [1.54, 1.807) is 0 Å². The Hall–Kier alpha value is -0.160. The van der Waals surface area contributed by atoms with Gasteiger partial charge in [-0.25, -0.2) is 0 Å². The molecule has 2 aliphatic heterocycles. The maximum absolute atomic E-state index is 8.92. The summed E-state index contributed by atoms with van der Waals surface area (Å²) in [5.74, 6) is 0. The number of fused-ring (bicyclic) bond motifs is 1. The molecule has 2 atom stereocenters. The number of hydrogen-bond donors (Lipinski definition) is 2. The van der Waals surface area contributed by atoms with Crippen LogP contribution in [0.5, 0.6) is 0 Å². The molecule has 94 valence electrons. The lowest BCUT2D eigenvalue weighted by molar-refractivity contribution is 0.202. The Morgan fingerprint density at radius 2 is 2.06 bits per heavy atom. The van der Waals surface area contributed by atoms with Crippen molar-refractivity contribution in [3.05, 3.63) is 0 Å². The van der Waals surface area contributed by atoms with Gasteiger partial charge >= 0.3 is 0 Å². The van der Waals surface area contributed by atoms with E-state index in [2.05, 4.69) is 9.80 Å². The van der Waals surface area contributed by atoms with Crippen LogP contribution in [0, 0.1) is 0 Å². The fourth-order valence-corrected chi connectivity index (χ4v) is 2.93. The molecule has 2 aliphatic rings. The van der Waals surface area contributed by atoms with Gasteiger partial charge in [-0.05, 0) is 51.9 Å². The highest BCUT2D eigenvalue weighted by Gasteiger charge is 2.28. The van der Waals surface area contributed by atoms with E-state index in [0.717, 1.165) is 19.0 Å². The van der Waals surface area contributed by atoms with E-state index in [9.17, 15) is 0 Å². The minimum Gasteiger partial charge on any atom is -0.395 e. The summed E-state index contributed by atoms with van der Waals surface area (Å²) in [7, 11) is 0. The Labute approximate surface area is 98.4 Å². The summed E-state index contributed by atoms with van der Waals surface area (Å²) >= 11 is 0. The van der Waals surface area contributed by atoms with E-state index in [1.807, 2.05) is 0 Å². The molecular formula is C12H25N3O. The van der Waals surface area contributed by atoms with Crippen molar-refractivity contribution in [2.75, 3.05) is 39.3 Å². The van der Waals surface area contributed by atoms with Crippen molar-refractivity contribution in [3.8, 4) is 0 Å². The highest BCUT2D eigenvalue weighted by molar-refractivity contribution is 4.85. The van der Waals surface area contributed by atoms with Crippen LogP contribution >= 0.6 is 0 Å². The maximum Gasteiger partial charge on any atom is 0.0583 e. The first-order chi connectivity index (χ1) is 7.79. The number of aliphatic hydroxyl groups excluding tert-OH is 1. The highest BCUT2D eigenvalue weighted by Crippen LogP contribution is 2.21. The molecule has 0 saturated carbocycles. The van der Waals surface area contributed by atoms with Gasteiger partial charge in [0.05, 0.1) is 6.61 Å². The highest BCUT2D eigenvalue weighted by atomic mass is 16.3. The second-order valence-electron chi connectivity index (χ2n) is 5.22. The monoisotopic (exact) mass is 227 g/mol. The normalized spacial score (nSPS) is 30.0. The Morgan fingerprint density at radius 1 is 1.25 bits per heavy atom. The first-order valence-electron chi connectivity index (χ1n) is 6.62. The van der Waals surface area contributed by atoms with E-state index in [1.165, 1.54) is 45.4 Å². The van der Waals surface area contributed by atoms with Gasteiger partial charge in [-0.3, -0.25) is 4.90 Å². The van der Waals surface area contributed by atoms with Gasteiger partial charge in [-0.2, -0.15) is 0 Å². The second-order valence-corrected chi connectivity index (χ2v) is 5.22. The Kier molecular flexibility index (Phi) is 4.58. The topological polar surface area (TPSA) is 52.7 Å². The summed E-state index contributed by atoms with van der Waals surface area (Å²) < 4.78 is 0. The van der Waals surface area contributed by atoms with E-state index >= 15 is 0 Å². The summed E-state index contributed by atoms with van der Waals surface area (Å²) in [6, 6.07) is 0.746. The SMILES string of the molecule is NC(CO)CCN1CCCN2CCCC2C1. The van der Waals surface area contributed by atoms with Gasteiger partial charge < -0.3 is 15.7 Å². The molecule has 2 fully saturated rings. The molecule has 2 rings (SSSR count). The number of nitrogens with two attached hydrogens (primary N) is 1. The lowest BCUT2D eigenvalue weighted by Crippen LogP contribution is -2.38. The first-order valence-corrected chi connectivity index (χ1v) is 6.62. The van der Waals surface area contributed by atoms with Gasteiger partial charge in [0.15, 0.2) is 0 Å². The predicted octanol–water partition coefficient (Wildman–Crippen LogP) is -0.134. The second kappa shape index (κ2) is 5.96. The van der Waals surface area contributed by atoms with Crippen LogP contribution in [0.15, 0.2) is 0 Å². The molecule has 0 aromatic rings. The Balaban J connectivity index is 1.77. The van der Waals surface area contributed by atoms with E-state index < -0.39 is 0 Å². The van der Waals surface area contributed by atoms with Crippen LogP contribution in [0.2, 0.25) is 0 Å². The Bertz CT molecular complexity index is 212. The van der Waals surface area contributed by atoms with Gasteiger partial charge in [-0.15, -0.1) is 0 Å². The minimum atomic E-state index is -0.0389. The summed E-state index contributed by atoms with van der Waals surface area (Å²) in [6.45, 7) is 6.14. The van der Waals surface area contributed by atoms with Crippen LogP contribution in [0.25, 0.3) is 0 Å². The molecule has 4 nitrogen and oxygen atoms in total. The molecule has 0 amide bonds. The smallest absolute Gasteiger partial charge is 0.0583 e. The van der Waals surface area contributed by atoms with Crippen molar-refractivity contribution in [2.45, 2.75) is 37.8 Å². The van der Waals surface area contributed by atoms with Crippen LogP contribution < -0.4 is 5.73 Å². The van der Waals surface area contributed by atoms with Crippen molar-refractivity contribution >= 4 is 0 Å². The zero-order chi connectivity index (χ0) is 11.4. The molecule has 2 heterocycles. The summed E-state index contributed by atoms with van der Waals surface area (Å²) in [6.07, 6.45) is 4.94. The van der Waals surface area contributed by atoms with Crippen LogP contribution in [0.4, 0.5) is 0 Å². The van der Waals surface area contributed by atoms with Gasteiger partial charge in [0.2, 0.25) is 0 Å². The van der Waals surface area contributed by atoms with Crippen LogP contribution in [0.1, 0.15) is 25.7 Å². The average Bonchev–Trinajstić information content (AvgIpc) is 2.64. The molecule has 0 aromatic carbocycles. The largest absolute Gasteiger partial charge is 0.395 e. The lowest BCUT2D eigenvalue weighted by Gasteiger charge is -2.26. The van der Waals surface area contributed by atoms with Crippen molar-refractivity contribution in [1.29, 1.82) is 0 Å². The third kappa shape index (κ3) is 3.17. The molecule has 0 aliphatic carbocycles. The summed E-state index contributed by atoms with van der Waals surface area (Å²) in [4.78, 5) is 5.18. The quantitative estimate of drug-likeness (QED) is 0.702. The number of rotatable bonds is 4. The number of hydrogen-bond acceptors (Lipinski definition) is 4. The van der Waals surface area contributed by atoms with Crippen molar-refractivity contribution in [2.24, 2.45) is 5.73 Å². The molecule has 4 heteroatoms. The lowest BCUT2D eigenvalue weighted by atomic mass is 10.2. The molecule has 3 N–H and O–H groups in total. The molecule has 2 unspecified atom stereocenters. The third-order valence-corrected chi connectivity index (χ3v) is 3.94.